The van der Waals surface area contributed by atoms with E-state index in [0.29, 0.717) is 5.69 Å². The number of carbonyl (C=O) groups excluding carboxylic acids is 1. The molecule has 0 saturated heterocycles. The van der Waals surface area contributed by atoms with E-state index in [-0.39, 0.29) is 0 Å². The van der Waals surface area contributed by atoms with Crippen LogP contribution in [0.3, 0.4) is 0 Å². The fourth-order valence-electron chi connectivity index (χ4n) is 1.66. The lowest BCUT2D eigenvalue weighted by atomic mass is 9.96. The van der Waals surface area contributed by atoms with Crippen molar-refractivity contribution in [1.82, 2.24) is 0 Å². The van der Waals surface area contributed by atoms with Gasteiger partial charge in [0.2, 0.25) is 0 Å². The molecule has 0 bridgehead atoms. The molecule has 0 unspecified atom stereocenters. The van der Waals surface area contributed by atoms with Gasteiger partial charge in [0.05, 0.1) is 0 Å². The van der Waals surface area contributed by atoms with Crippen molar-refractivity contribution in [3.8, 4) is 0 Å². The number of carbonyl (C=O) groups is 1. The molecule has 1 aromatic rings. The highest BCUT2D eigenvalue weighted by Crippen LogP contribution is 2.27. The van der Waals surface area contributed by atoms with Crippen LogP contribution in [0.25, 0.3) is 0 Å². The summed E-state index contributed by atoms with van der Waals surface area (Å²) in [7, 11) is 0. The molecule has 5 nitrogen and oxygen atoms in total. The van der Waals surface area contributed by atoms with Gasteiger partial charge in [-0.2, -0.15) is 0 Å². The van der Waals surface area contributed by atoms with Crippen LogP contribution < -0.4 is 11.2 Å². The van der Waals surface area contributed by atoms with E-state index in [0.717, 1.165) is 11.1 Å². The standard InChI is InChI=1S/C15H24N2O3/c1-10-9-11(15(5,6)20-16)7-8-12(10)17-13(18)19-14(2,3)4/h7-9H,16H2,1-6H3,(H,17,18). The lowest BCUT2D eigenvalue weighted by Gasteiger charge is -2.24. The summed E-state index contributed by atoms with van der Waals surface area (Å²) in [5.41, 5.74) is 1.46. The summed E-state index contributed by atoms with van der Waals surface area (Å²) in [5, 5.41) is 2.73. The van der Waals surface area contributed by atoms with Gasteiger partial charge in [0.25, 0.3) is 0 Å². The van der Waals surface area contributed by atoms with Gasteiger partial charge in [0.15, 0.2) is 0 Å². The maximum absolute atomic E-state index is 11.7. The normalized spacial score (nSPS) is 12.2. The smallest absolute Gasteiger partial charge is 0.412 e. The van der Waals surface area contributed by atoms with Crippen LogP contribution in [0.15, 0.2) is 18.2 Å². The van der Waals surface area contributed by atoms with Crippen molar-refractivity contribution in [2.75, 3.05) is 5.32 Å². The van der Waals surface area contributed by atoms with Crippen molar-refractivity contribution in [3.63, 3.8) is 0 Å². The summed E-state index contributed by atoms with van der Waals surface area (Å²) in [6.45, 7) is 11.1. The van der Waals surface area contributed by atoms with E-state index in [1.807, 2.05) is 59.7 Å². The van der Waals surface area contributed by atoms with E-state index in [2.05, 4.69) is 5.32 Å². The number of rotatable bonds is 3. The first-order valence-corrected chi connectivity index (χ1v) is 6.54. The Labute approximate surface area is 120 Å². The second kappa shape index (κ2) is 5.81. The maximum Gasteiger partial charge on any atom is 0.412 e. The molecule has 0 radical (unpaired) electrons. The maximum atomic E-state index is 11.7. The average molecular weight is 280 g/mol. The zero-order valence-corrected chi connectivity index (χ0v) is 13.0. The van der Waals surface area contributed by atoms with Crippen LogP contribution in [0, 0.1) is 6.92 Å². The molecule has 0 aromatic heterocycles. The monoisotopic (exact) mass is 280 g/mol. The van der Waals surface area contributed by atoms with Crippen molar-refractivity contribution in [3.05, 3.63) is 29.3 Å². The van der Waals surface area contributed by atoms with Gasteiger partial charge < -0.3 is 4.74 Å². The number of ether oxygens (including phenoxy) is 1. The lowest BCUT2D eigenvalue weighted by molar-refractivity contribution is -0.0236. The highest BCUT2D eigenvalue weighted by atomic mass is 16.6. The van der Waals surface area contributed by atoms with Gasteiger partial charge in [-0.3, -0.25) is 10.2 Å². The zero-order chi connectivity index (χ0) is 15.6. The van der Waals surface area contributed by atoms with E-state index in [1.165, 1.54) is 0 Å². The highest BCUT2D eigenvalue weighted by Gasteiger charge is 2.22. The minimum Gasteiger partial charge on any atom is -0.444 e. The van der Waals surface area contributed by atoms with Crippen molar-refractivity contribution >= 4 is 11.8 Å². The Morgan fingerprint density at radius 3 is 2.25 bits per heavy atom. The molecule has 5 heteroatoms. The van der Waals surface area contributed by atoms with Gasteiger partial charge in [0.1, 0.15) is 11.2 Å². The van der Waals surface area contributed by atoms with Crippen LogP contribution in [0.1, 0.15) is 45.7 Å². The Bertz CT molecular complexity index is 490. The van der Waals surface area contributed by atoms with Crippen molar-refractivity contribution in [2.24, 2.45) is 5.90 Å². The van der Waals surface area contributed by atoms with Gasteiger partial charge in [-0.15, -0.1) is 0 Å². The van der Waals surface area contributed by atoms with Crippen molar-refractivity contribution < 1.29 is 14.4 Å². The predicted molar refractivity (Wildman–Crippen MR) is 79.3 cm³/mol. The van der Waals surface area contributed by atoms with Crippen LogP contribution in [-0.4, -0.2) is 11.7 Å². The fraction of sp³-hybridized carbons (Fsp3) is 0.533. The van der Waals surface area contributed by atoms with Gasteiger partial charge in [-0.25, -0.2) is 10.7 Å². The molecule has 0 fully saturated rings. The Balaban J connectivity index is 2.87. The summed E-state index contributed by atoms with van der Waals surface area (Å²) in [4.78, 5) is 16.7. The van der Waals surface area contributed by atoms with E-state index < -0.39 is 17.3 Å². The fourth-order valence-corrected chi connectivity index (χ4v) is 1.66. The van der Waals surface area contributed by atoms with Crippen LogP contribution in [-0.2, 0) is 15.2 Å². The number of benzene rings is 1. The molecule has 0 atom stereocenters. The third kappa shape index (κ3) is 4.51. The largest absolute Gasteiger partial charge is 0.444 e. The third-order valence-electron chi connectivity index (χ3n) is 2.85. The zero-order valence-electron chi connectivity index (χ0n) is 13.0. The first-order valence-electron chi connectivity index (χ1n) is 6.54. The quantitative estimate of drug-likeness (QED) is 0.831. The number of anilines is 1. The molecule has 0 spiro atoms. The summed E-state index contributed by atoms with van der Waals surface area (Å²) in [6.07, 6.45) is -0.470. The predicted octanol–water partition coefficient (Wildman–Crippen LogP) is 3.47. The minimum atomic E-state index is -0.574. The molecule has 0 saturated carbocycles. The number of hydrogen-bond acceptors (Lipinski definition) is 4. The van der Waals surface area contributed by atoms with E-state index in [1.54, 1.807) is 0 Å². The van der Waals surface area contributed by atoms with Crippen LogP contribution in [0.5, 0.6) is 0 Å². The molecule has 0 aliphatic heterocycles. The number of nitrogens with one attached hydrogen (secondary N) is 1. The third-order valence-corrected chi connectivity index (χ3v) is 2.85. The molecule has 112 valence electrons. The van der Waals surface area contributed by atoms with Crippen molar-refractivity contribution in [2.45, 2.75) is 52.7 Å². The molecule has 0 aliphatic rings. The molecule has 1 aromatic carbocycles. The van der Waals surface area contributed by atoms with Crippen LogP contribution in [0.4, 0.5) is 10.5 Å². The van der Waals surface area contributed by atoms with Crippen LogP contribution in [0.2, 0.25) is 0 Å². The number of hydrogen-bond donors (Lipinski definition) is 2. The van der Waals surface area contributed by atoms with Crippen LogP contribution >= 0.6 is 0 Å². The second-order valence-electron chi connectivity index (χ2n) is 6.28. The summed E-state index contributed by atoms with van der Waals surface area (Å²) in [5.74, 6) is 5.29. The summed E-state index contributed by atoms with van der Waals surface area (Å²) in [6, 6.07) is 5.61. The van der Waals surface area contributed by atoms with Gasteiger partial charge in [0, 0.05) is 5.69 Å². The lowest BCUT2D eigenvalue weighted by Crippen LogP contribution is -2.28. The van der Waals surface area contributed by atoms with Gasteiger partial charge in [-0.1, -0.05) is 12.1 Å². The van der Waals surface area contributed by atoms with E-state index in [4.69, 9.17) is 15.5 Å². The first-order chi connectivity index (χ1) is 9.05. The average Bonchev–Trinajstić information content (AvgIpc) is 2.29. The van der Waals surface area contributed by atoms with Gasteiger partial charge in [-0.05, 0) is 58.7 Å². The molecule has 0 aliphatic carbocycles. The number of amides is 1. The minimum absolute atomic E-state index is 0.470. The Kier molecular flexibility index (Phi) is 4.78. The Morgan fingerprint density at radius 1 is 1.20 bits per heavy atom. The molecule has 1 rings (SSSR count). The Hall–Kier alpha value is -1.59. The summed E-state index contributed by atoms with van der Waals surface area (Å²) < 4.78 is 5.22. The van der Waals surface area contributed by atoms with E-state index >= 15 is 0 Å². The van der Waals surface area contributed by atoms with Gasteiger partial charge >= 0.3 is 6.09 Å². The Morgan fingerprint density at radius 2 is 1.80 bits per heavy atom. The van der Waals surface area contributed by atoms with E-state index in [9.17, 15) is 4.79 Å². The molecular weight excluding hydrogens is 256 g/mol. The topological polar surface area (TPSA) is 73.6 Å². The molecule has 1 amide bonds. The molecule has 3 N–H and O–H groups in total. The van der Waals surface area contributed by atoms with Crippen molar-refractivity contribution in [1.29, 1.82) is 0 Å². The molecule has 0 heterocycles. The molecular formula is C15H24N2O3. The highest BCUT2D eigenvalue weighted by molar-refractivity contribution is 5.86. The first kappa shape index (κ1) is 16.5. The molecule has 20 heavy (non-hydrogen) atoms. The number of aryl methyl sites for hydroxylation is 1. The SMILES string of the molecule is Cc1cc(C(C)(C)ON)ccc1NC(=O)OC(C)(C)C. The second-order valence-corrected chi connectivity index (χ2v) is 6.28. The number of nitrogens with two attached hydrogens (primary N) is 1. The summed E-state index contributed by atoms with van der Waals surface area (Å²) >= 11 is 0.